The molecule has 1 heterocycles. The minimum absolute atomic E-state index is 0.256. The molecule has 0 spiro atoms. The van der Waals surface area contributed by atoms with Crippen LogP contribution in [0.5, 0.6) is 11.5 Å². The zero-order valence-electron chi connectivity index (χ0n) is 13.9. The van der Waals surface area contributed by atoms with Crippen molar-refractivity contribution in [3.05, 3.63) is 59.7 Å². The van der Waals surface area contributed by atoms with E-state index in [-0.39, 0.29) is 12.1 Å². The van der Waals surface area contributed by atoms with Gasteiger partial charge in [-0.2, -0.15) is 0 Å². The highest BCUT2D eigenvalue weighted by atomic mass is 16.5. The maximum atomic E-state index is 5.36. The molecule has 0 aliphatic carbocycles. The zero-order chi connectivity index (χ0) is 16.2. The van der Waals surface area contributed by atoms with Crippen LogP contribution in [-0.4, -0.2) is 14.2 Å². The summed E-state index contributed by atoms with van der Waals surface area (Å²) < 4.78 is 10.7. The molecular weight excluding hydrogens is 288 g/mol. The summed E-state index contributed by atoms with van der Waals surface area (Å²) in [5.74, 6) is 2.24. The van der Waals surface area contributed by atoms with Crippen LogP contribution in [0.25, 0.3) is 0 Å². The van der Waals surface area contributed by atoms with E-state index in [1.807, 2.05) is 24.3 Å². The SMILES string of the molecule is CCC1C(c2cccc(OC)c2)NNC1c1cccc(OC)c1. The van der Waals surface area contributed by atoms with Crippen LogP contribution in [-0.2, 0) is 0 Å². The van der Waals surface area contributed by atoms with Gasteiger partial charge < -0.3 is 9.47 Å². The Hall–Kier alpha value is -2.04. The molecule has 0 bridgehead atoms. The first-order valence-corrected chi connectivity index (χ1v) is 8.05. The van der Waals surface area contributed by atoms with Crippen molar-refractivity contribution >= 4 is 0 Å². The van der Waals surface area contributed by atoms with Gasteiger partial charge in [-0.25, -0.2) is 10.9 Å². The minimum Gasteiger partial charge on any atom is -0.497 e. The van der Waals surface area contributed by atoms with Crippen LogP contribution in [0.3, 0.4) is 0 Å². The lowest BCUT2D eigenvalue weighted by molar-refractivity contribution is 0.397. The van der Waals surface area contributed by atoms with Gasteiger partial charge in [0.15, 0.2) is 0 Å². The smallest absolute Gasteiger partial charge is 0.119 e. The fourth-order valence-corrected chi connectivity index (χ4v) is 3.39. The number of nitrogens with one attached hydrogen (secondary N) is 2. The average Bonchev–Trinajstić information content (AvgIpc) is 3.05. The van der Waals surface area contributed by atoms with Crippen molar-refractivity contribution in [1.82, 2.24) is 10.9 Å². The quantitative estimate of drug-likeness (QED) is 0.885. The maximum absolute atomic E-state index is 5.36. The predicted octanol–water partition coefficient (Wildman–Crippen LogP) is 3.62. The summed E-state index contributed by atoms with van der Waals surface area (Å²) in [7, 11) is 3.41. The Morgan fingerprint density at radius 2 is 1.30 bits per heavy atom. The molecule has 2 atom stereocenters. The molecule has 122 valence electrons. The van der Waals surface area contributed by atoms with Gasteiger partial charge in [-0.3, -0.25) is 0 Å². The number of rotatable bonds is 5. The molecule has 1 saturated heterocycles. The first-order valence-electron chi connectivity index (χ1n) is 8.05. The molecule has 23 heavy (non-hydrogen) atoms. The monoisotopic (exact) mass is 312 g/mol. The molecule has 0 aromatic heterocycles. The second-order valence-electron chi connectivity index (χ2n) is 5.87. The van der Waals surface area contributed by atoms with E-state index < -0.39 is 0 Å². The molecule has 4 heteroatoms. The Labute approximate surface area is 137 Å². The Kier molecular flexibility index (Phi) is 4.84. The fourth-order valence-electron chi connectivity index (χ4n) is 3.39. The van der Waals surface area contributed by atoms with Crippen molar-refractivity contribution in [1.29, 1.82) is 0 Å². The number of benzene rings is 2. The van der Waals surface area contributed by atoms with E-state index >= 15 is 0 Å². The maximum Gasteiger partial charge on any atom is 0.119 e. The van der Waals surface area contributed by atoms with Gasteiger partial charge in [0, 0.05) is 5.92 Å². The molecule has 1 aliphatic heterocycles. The van der Waals surface area contributed by atoms with Crippen LogP contribution in [0, 0.1) is 5.92 Å². The summed E-state index contributed by atoms with van der Waals surface area (Å²) in [6.45, 7) is 2.24. The molecule has 2 unspecified atom stereocenters. The van der Waals surface area contributed by atoms with Crippen LogP contribution in [0.15, 0.2) is 48.5 Å². The fraction of sp³-hybridized carbons (Fsp3) is 0.368. The third-order valence-corrected chi connectivity index (χ3v) is 4.63. The first kappa shape index (κ1) is 15.8. The molecular formula is C19H24N2O2. The van der Waals surface area contributed by atoms with E-state index in [0.29, 0.717) is 5.92 Å². The van der Waals surface area contributed by atoms with Gasteiger partial charge in [-0.1, -0.05) is 31.2 Å². The largest absolute Gasteiger partial charge is 0.497 e. The lowest BCUT2D eigenvalue weighted by Crippen LogP contribution is -2.26. The number of hydrazine groups is 1. The number of ether oxygens (including phenoxy) is 2. The molecule has 0 saturated carbocycles. The second-order valence-corrected chi connectivity index (χ2v) is 5.87. The summed E-state index contributed by atoms with van der Waals surface area (Å²) in [4.78, 5) is 0. The first-order chi connectivity index (χ1) is 11.3. The molecule has 1 aliphatic rings. The molecule has 4 nitrogen and oxygen atoms in total. The minimum atomic E-state index is 0.256. The molecule has 2 aromatic carbocycles. The molecule has 1 fully saturated rings. The molecule has 3 rings (SSSR count). The van der Waals surface area contributed by atoms with E-state index in [0.717, 1.165) is 17.9 Å². The Morgan fingerprint density at radius 1 is 0.826 bits per heavy atom. The zero-order valence-corrected chi connectivity index (χ0v) is 13.9. The normalized spacial score (nSPS) is 23.7. The summed E-state index contributed by atoms with van der Waals surface area (Å²) in [5, 5.41) is 0. The lowest BCUT2D eigenvalue weighted by Gasteiger charge is -2.22. The third-order valence-electron chi connectivity index (χ3n) is 4.63. The van der Waals surface area contributed by atoms with E-state index in [2.05, 4.69) is 42.0 Å². The van der Waals surface area contributed by atoms with Gasteiger partial charge >= 0.3 is 0 Å². The van der Waals surface area contributed by atoms with E-state index in [4.69, 9.17) is 9.47 Å². The molecule has 0 radical (unpaired) electrons. The summed E-state index contributed by atoms with van der Waals surface area (Å²) in [5.41, 5.74) is 9.42. The highest BCUT2D eigenvalue weighted by molar-refractivity contribution is 5.35. The van der Waals surface area contributed by atoms with Crippen molar-refractivity contribution in [2.24, 2.45) is 5.92 Å². The standard InChI is InChI=1S/C19H24N2O2/c1-4-17-18(13-7-5-9-15(11-13)22-2)20-21-19(17)14-8-6-10-16(12-14)23-3/h5-12,17-21H,4H2,1-3H3. The van der Waals surface area contributed by atoms with Crippen LogP contribution in [0.4, 0.5) is 0 Å². The summed E-state index contributed by atoms with van der Waals surface area (Å²) in [6.07, 6.45) is 1.07. The van der Waals surface area contributed by atoms with Gasteiger partial charge in [0.05, 0.1) is 26.3 Å². The van der Waals surface area contributed by atoms with Crippen LogP contribution in [0.1, 0.15) is 36.6 Å². The summed E-state index contributed by atoms with van der Waals surface area (Å²) in [6, 6.07) is 17.1. The Morgan fingerprint density at radius 3 is 1.70 bits per heavy atom. The van der Waals surface area contributed by atoms with E-state index in [1.54, 1.807) is 14.2 Å². The van der Waals surface area contributed by atoms with Gasteiger partial charge in [0.1, 0.15) is 11.5 Å². The van der Waals surface area contributed by atoms with Gasteiger partial charge in [0.25, 0.3) is 0 Å². The van der Waals surface area contributed by atoms with Gasteiger partial charge in [0.2, 0.25) is 0 Å². The van der Waals surface area contributed by atoms with Gasteiger partial charge in [-0.05, 0) is 41.8 Å². The average molecular weight is 312 g/mol. The molecule has 2 N–H and O–H groups in total. The van der Waals surface area contributed by atoms with Crippen molar-refractivity contribution < 1.29 is 9.47 Å². The van der Waals surface area contributed by atoms with Gasteiger partial charge in [-0.15, -0.1) is 0 Å². The number of hydrogen-bond donors (Lipinski definition) is 2. The van der Waals surface area contributed by atoms with Crippen molar-refractivity contribution in [2.75, 3.05) is 14.2 Å². The Balaban J connectivity index is 1.87. The predicted molar refractivity (Wildman–Crippen MR) is 91.5 cm³/mol. The second kappa shape index (κ2) is 7.02. The number of hydrogen-bond acceptors (Lipinski definition) is 4. The topological polar surface area (TPSA) is 42.5 Å². The van der Waals surface area contributed by atoms with Crippen LogP contribution < -0.4 is 20.3 Å². The van der Waals surface area contributed by atoms with E-state index in [1.165, 1.54) is 11.1 Å². The van der Waals surface area contributed by atoms with Crippen molar-refractivity contribution in [3.63, 3.8) is 0 Å². The Bertz CT molecular complexity index is 604. The van der Waals surface area contributed by atoms with Crippen LogP contribution >= 0.6 is 0 Å². The summed E-state index contributed by atoms with van der Waals surface area (Å²) >= 11 is 0. The lowest BCUT2D eigenvalue weighted by atomic mass is 9.84. The highest BCUT2D eigenvalue weighted by Gasteiger charge is 2.36. The number of methoxy groups -OCH3 is 2. The highest BCUT2D eigenvalue weighted by Crippen LogP contribution is 2.40. The van der Waals surface area contributed by atoms with Crippen LogP contribution in [0.2, 0.25) is 0 Å². The van der Waals surface area contributed by atoms with Crippen molar-refractivity contribution in [3.8, 4) is 11.5 Å². The van der Waals surface area contributed by atoms with Crippen molar-refractivity contribution in [2.45, 2.75) is 25.4 Å². The van der Waals surface area contributed by atoms with E-state index in [9.17, 15) is 0 Å². The third kappa shape index (κ3) is 3.19. The molecule has 0 amide bonds. The molecule has 2 aromatic rings.